The number of rotatable bonds is 5. The van der Waals surface area contributed by atoms with Crippen molar-refractivity contribution in [1.29, 1.82) is 0 Å². The summed E-state index contributed by atoms with van der Waals surface area (Å²) in [7, 11) is -1.02. The van der Waals surface area contributed by atoms with Crippen LogP contribution in [-0.2, 0) is 10.0 Å². The van der Waals surface area contributed by atoms with Crippen LogP contribution >= 0.6 is 11.6 Å². The van der Waals surface area contributed by atoms with Crippen molar-refractivity contribution in [2.75, 3.05) is 18.9 Å². The van der Waals surface area contributed by atoms with Gasteiger partial charge in [-0.1, -0.05) is 11.6 Å². The fourth-order valence-electron chi connectivity index (χ4n) is 1.77. The first-order chi connectivity index (χ1) is 10.4. The molecule has 0 saturated carbocycles. The Morgan fingerprint density at radius 2 is 1.64 bits per heavy atom. The van der Waals surface area contributed by atoms with E-state index in [0.717, 1.165) is 0 Å². The van der Waals surface area contributed by atoms with E-state index in [1.807, 2.05) is 0 Å². The van der Waals surface area contributed by atoms with E-state index in [0.29, 0.717) is 10.8 Å². The summed E-state index contributed by atoms with van der Waals surface area (Å²) in [6.45, 7) is 0. The molecule has 0 unspecified atom stereocenters. The average Bonchev–Trinajstić information content (AvgIpc) is 2.48. The van der Waals surface area contributed by atoms with Gasteiger partial charge in [0.15, 0.2) is 0 Å². The van der Waals surface area contributed by atoms with Gasteiger partial charge in [-0.05, 0) is 24.3 Å². The Morgan fingerprint density at radius 3 is 2.18 bits per heavy atom. The molecule has 0 heterocycles. The first-order valence-electron chi connectivity index (χ1n) is 6.10. The number of benzene rings is 2. The summed E-state index contributed by atoms with van der Waals surface area (Å²) in [5.41, 5.74) is 0.192. The molecule has 0 spiro atoms. The molecule has 8 heteroatoms. The Kier molecular flexibility index (Phi) is 4.68. The molecule has 0 aromatic heterocycles. The highest BCUT2D eigenvalue weighted by Crippen LogP contribution is 2.36. The van der Waals surface area contributed by atoms with Crippen LogP contribution < -0.4 is 14.2 Å². The molecule has 2 N–H and O–H groups in total. The highest BCUT2D eigenvalue weighted by atomic mass is 35.5. The molecule has 0 aliphatic heterocycles. The van der Waals surface area contributed by atoms with Crippen molar-refractivity contribution >= 4 is 27.3 Å². The number of hydrogen-bond acceptors (Lipinski definition) is 5. The molecule has 22 heavy (non-hydrogen) atoms. The molecule has 2 aromatic rings. The van der Waals surface area contributed by atoms with Crippen LogP contribution in [0.1, 0.15) is 0 Å². The minimum Gasteiger partial charge on any atom is -0.508 e. The lowest BCUT2D eigenvalue weighted by Crippen LogP contribution is -2.13. The highest BCUT2D eigenvalue weighted by molar-refractivity contribution is 7.92. The zero-order valence-corrected chi connectivity index (χ0v) is 13.4. The highest BCUT2D eigenvalue weighted by Gasteiger charge is 2.18. The van der Waals surface area contributed by atoms with Crippen LogP contribution in [0.4, 0.5) is 5.69 Å². The zero-order valence-electron chi connectivity index (χ0n) is 11.8. The van der Waals surface area contributed by atoms with Crippen LogP contribution in [0.2, 0.25) is 5.02 Å². The summed E-state index contributed by atoms with van der Waals surface area (Å²) in [6, 6.07) is 8.03. The Hall–Kier alpha value is -2.12. The van der Waals surface area contributed by atoms with Gasteiger partial charge in [0, 0.05) is 12.1 Å². The van der Waals surface area contributed by atoms with Gasteiger partial charge in [-0.25, -0.2) is 8.42 Å². The molecule has 0 bridgehead atoms. The predicted molar refractivity (Wildman–Crippen MR) is 83.5 cm³/mol. The summed E-state index contributed by atoms with van der Waals surface area (Å²) >= 11 is 5.98. The van der Waals surface area contributed by atoms with E-state index in [4.69, 9.17) is 21.1 Å². The van der Waals surface area contributed by atoms with Crippen molar-refractivity contribution in [1.82, 2.24) is 0 Å². The van der Waals surface area contributed by atoms with Crippen LogP contribution in [0, 0.1) is 0 Å². The van der Waals surface area contributed by atoms with Gasteiger partial charge >= 0.3 is 0 Å². The minimum atomic E-state index is -3.84. The summed E-state index contributed by atoms with van der Waals surface area (Å²) in [5, 5.41) is 9.52. The molecule has 0 saturated heterocycles. The van der Waals surface area contributed by atoms with Crippen LogP contribution in [-0.4, -0.2) is 27.7 Å². The lowest BCUT2D eigenvalue weighted by molar-refractivity contribution is 0.405. The van der Waals surface area contributed by atoms with Gasteiger partial charge in [-0.15, -0.1) is 0 Å². The maximum atomic E-state index is 12.3. The molecule has 0 fully saturated rings. The maximum absolute atomic E-state index is 12.3. The number of aromatic hydroxyl groups is 1. The van der Waals surface area contributed by atoms with E-state index < -0.39 is 10.0 Å². The number of anilines is 1. The number of methoxy groups -OCH3 is 2. The monoisotopic (exact) mass is 343 g/mol. The Morgan fingerprint density at radius 1 is 1.05 bits per heavy atom. The molecule has 2 aromatic carbocycles. The Balaban J connectivity index is 2.42. The van der Waals surface area contributed by atoms with Crippen LogP contribution in [0.15, 0.2) is 41.3 Å². The number of phenolic OH excluding ortho intramolecular Hbond substituents is 1. The summed E-state index contributed by atoms with van der Waals surface area (Å²) < 4.78 is 37.3. The van der Waals surface area contributed by atoms with E-state index in [2.05, 4.69) is 4.72 Å². The molecule has 0 aliphatic rings. The number of sulfonamides is 1. The Bertz CT molecular complexity index is 775. The fourth-order valence-corrected chi connectivity index (χ4v) is 3.06. The first-order valence-corrected chi connectivity index (χ1v) is 7.97. The van der Waals surface area contributed by atoms with Crippen molar-refractivity contribution in [3.05, 3.63) is 41.4 Å². The van der Waals surface area contributed by atoms with Crippen LogP contribution in [0.3, 0.4) is 0 Å². The number of nitrogens with one attached hydrogen (secondary N) is 1. The molecular weight excluding hydrogens is 330 g/mol. The molecule has 0 radical (unpaired) electrons. The van der Waals surface area contributed by atoms with E-state index >= 15 is 0 Å². The molecule has 118 valence electrons. The van der Waals surface area contributed by atoms with Crippen molar-refractivity contribution in [2.24, 2.45) is 0 Å². The van der Waals surface area contributed by atoms with Crippen molar-refractivity contribution < 1.29 is 23.0 Å². The summed E-state index contributed by atoms with van der Waals surface area (Å²) in [6.07, 6.45) is 0. The third-order valence-corrected chi connectivity index (χ3v) is 4.54. The standard InChI is InChI=1S/C14H14ClNO5S/c1-20-13-8-12(14(21-2)7-11(13)15)16-22(18,19)10-5-3-9(17)4-6-10/h3-8,16-17H,1-2H3. The SMILES string of the molecule is COc1cc(NS(=O)(=O)c2ccc(O)cc2)c(OC)cc1Cl. The van der Waals surface area contributed by atoms with E-state index in [1.54, 1.807) is 0 Å². The molecule has 0 amide bonds. The minimum absolute atomic E-state index is 0.00118. The fraction of sp³-hybridized carbons (Fsp3) is 0.143. The second-order valence-electron chi connectivity index (χ2n) is 4.29. The van der Waals surface area contributed by atoms with Crippen molar-refractivity contribution in [3.8, 4) is 17.2 Å². The largest absolute Gasteiger partial charge is 0.508 e. The number of phenols is 1. The lowest BCUT2D eigenvalue weighted by atomic mass is 10.3. The third-order valence-electron chi connectivity index (χ3n) is 2.87. The normalized spacial score (nSPS) is 11.0. The van der Waals surface area contributed by atoms with Gasteiger partial charge in [0.25, 0.3) is 10.0 Å². The topological polar surface area (TPSA) is 84.9 Å². The molecule has 6 nitrogen and oxygen atoms in total. The van der Waals surface area contributed by atoms with Crippen molar-refractivity contribution in [2.45, 2.75) is 4.90 Å². The third kappa shape index (κ3) is 3.37. The molecule has 0 atom stereocenters. The Labute approximate surface area is 133 Å². The van der Waals surface area contributed by atoms with Gasteiger partial charge in [0.2, 0.25) is 0 Å². The first kappa shape index (κ1) is 16.3. The van der Waals surface area contributed by atoms with Gasteiger partial charge in [0.05, 0.1) is 29.8 Å². The van der Waals surface area contributed by atoms with E-state index in [1.165, 1.54) is 50.6 Å². The van der Waals surface area contributed by atoms with Crippen LogP contribution in [0.5, 0.6) is 17.2 Å². The van der Waals surface area contributed by atoms with Crippen molar-refractivity contribution in [3.63, 3.8) is 0 Å². The summed E-state index contributed by atoms with van der Waals surface area (Å²) in [5.74, 6) is 0.545. The summed E-state index contributed by atoms with van der Waals surface area (Å²) in [4.78, 5) is 0.00118. The van der Waals surface area contributed by atoms with Gasteiger partial charge < -0.3 is 14.6 Å². The predicted octanol–water partition coefficient (Wildman–Crippen LogP) is 2.86. The maximum Gasteiger partial charge on any atom is 0.262 e. The number of hydrogen-bond donors (Lipinski definition) is 2. The smallest absolute Gasteiger partial charge is 0.262 e. The van der Waals surface area contributed by atoms with Gasteiger partial charge in [0.1, 0.15) is 17.2 Å². The average molecular weight is 344 g/mol. The van der Waals surface area contributed by atoms with Gasteiger partial charge in [-0.3, -0.25) is 4.72 Å². The van der Waals surface area contributed by atoms with E-state index in [9.17, 15) is 13.5 Å². The second kappa shape index (κ2) is 6.33. The van der Waals surface area contributed by atoms with E-state index in [-0.39, 0.29) is 22.1 Å². The molecule has 0 aliphatic carbocycles. The zero-order chi connectivity index (χ0) is 16.3. The van der Waals surface area contributed by atoms with Gasteiger partial charge in [-0.2, -0.15) is 0 Å². The number of halogens is 1. The lowest BCUT2D eigenvalue weighted by Gasteiger charge is -2.14. The second-order valence-corrected chi connectivity index (χ2v) is 6.38. The number of ether oxygens (including phenoxy) is 2. The quantitative estimate of drug-likeness (QED) is 0.872. The van der Waals surface area contributed by atoms with Crippen LogP contribution in [0.25, 0.3) is 0 Å². The molecular formula is C14H14ClNO5S. The molecule has 2 rings (SSSR count).